The summed E-state index contributed by atoms with van der Waals surface area (Å²) in [6, 6.07) is 5.21. The Bertz CT molecular complexity index is 844. The maximum absolute atomic E-state index is 13.5. The smallest absolute Gasteiger partial charge is 0.326 e. The number of para-hydroxylation sites is 2. The van der Waals surface area contributed by atoms with Crippen molar-refractivity contribution in [2.45, 2.75) is 83.4 Å². The van der Waals surface area contributed by atoms with Gasteiger partial charge in [-0.05, 0) is 51.7 Å². The van der Waals surface area contributed by atoms with Crippen LogP contribution < -0.4 is 15.0 Å². The Morgan fingerprint density at radius 2 is 1.91 bits per heavy atom. The lowest BCUT2D eigenvalue weighted by molar-refractivity contribution is -0.153. The Morgan fingerprint density at radius 3 is 2.58 bits per heavy atom. The first kappa shape index (κ1) is 25.0. The Hall–Kier alpha value is -2.61. The van der Waals surface area contributed by atoms with Gasteiger partial charge in [0.25, 0.3) is 0 Å². The summed E-state index contributed by atoms with van der Waals surface area (Å²) < 4.78 is 11.3. The third kappa shape index (κ3) is 7.19. The van der Waals surface area contributed by atoms with Crippen LogP contribution in [-0.2, 0) is 19.1 Å². The Balaban J connectivity index is 1.74. The first-order valence-electron chi connectivity index (χ1n) is 11.9. The zero-order chi connectivity index (χ0) is 24.0. The molecule has 1 aromatic carbocycles. The number of fused-ring (bicyclic) bond motifs is 1. The maximum atomic E-state index is 13.5. The number of carboxylic acid groups (broad SMARTS) is 1. The molecule has 8 heteroatoms. The van der Waals surface area contributed by atoms with Crippen molar-refractivity contribution < 1.29 is 29.0 Å². The van der Waals surface area contributed by atoms with Crippen LogP contribution in [0.3, 0.4) is 0 Å². The zero-order valence-electron chi connectivity index (χ0n) is 19.8. The van der Waals surface area contributed by atoms with Gasteiger partial charge >= 0.3 is 11.9 Å². The number of aliphatic carboxylic acids is 1. The van der Waals surface area contributed by atoms with Crippen molar-refractivity contribution in [1.29, 1.82) is 0 Å². The van der Waals surface area contributed by atoms with Crippen molar-refractivity contribution in [1.82, 2.24) is 5.32 Å². The maximum Gasteiger partial charge on any atom is 0.326 e. The number of amides is 1. The fraction of sp³-hybridized carbons (Fsp3) is 0.640. The molecule has 0 radical (unpaired) electrons. The molecule has 1 aliphatic carbocycles. The van der Waals surface area contributed by atoms with E-state index in [2.05, 4.69) is 5.32 Å². The number of rotatable bonds is 8. The van der Waals surface area contributed by atoms with Gasteiger partial charge in [-0.3, -0.25) is 24.6 Å². The molecule has 1 amide bonds. The lowest BCUT2D eigenvalue weighted by Gasteiger charge is -2.28. The van der Waals surface area contributed by atoms with Crippen LogP contribution in [0.5, 0.6) is 5.75 Å². The van der Waals surface area contributed by atoms with Crippen molar-refractivity contribution in [2.24, 2.45) is 5.92 Å². The van der Waals surface area contributed by atoms with Crippen LogP contribution in [0.4, 0.5) is 5.69 Å². The summed E-state index contributed by atoms with van der Waals surface area (Å²) in [5, 5.41) is 12.8. The summed E-state index contributed by atoms with van der Waals surface area (Å²) in [4.78, 5) is 39.3. The summed E-state index contributed by atoms with van der Waals surface area (Å²) in [6.45, 7) is 4.99. The van der Waals surface area contributed by atoms with E-state index < -0.39 is 35.5 Å². The SMILES string of the molecule is CC(C)(C)OC(=O)CN1C(=O)[C@@H](N[C@@H](CCC2CCCCC2)C(=O)O)COc2ccccc21. The topological polar surface area (TPSA) is 105 Å². The highest BCUT2D eigenvalue weighted by Gasteiger charge is 2.36. The van der Waals surface area contributed by atoms with E-state index in [9.17, 15) is 19.5 Å². The van der Waals surface area contributed by atoms with Crippen molar-refractivity contribution in [3.05, 3.63) is 24.3 Å². The van der Waals surface area contributed by atoms with Crippen LogP contribution in [0.2, 0.25) is 0 Å². The van der Waals surface area contributed by atoms with E-state index in [1.807, 2.05) is 0 Å². The van der Waals surface area contributed by atoms with E-state index in [0.29, 0.717) is 23.8 Å². The predicted molar refractivity (Wildman–Crippen MR) is 124 cm³/mol. The predicted octanol–water partition coefficient (Wildman–Crippen LogP) is 3.53. The number of ether oxygens (including phenoxy) is 2. The molecule has 0 bridgehead atoms. The first-order valence-corrected chi connectivity index (χ1v) is 11.9. The average Bonchev–Trinajstić information content (AvgIpc) is 2.88. The van der Waals surface area contributed by atoms with E-state index in [1.54, 1.807) is 45.0 Å². The monoisotopic (exact) mass is 460 g/mol. The number of anilines is 1. The normalized spacial score (nSPS) is 20.4. The molecule has 1 fully saturated rings. The van der Waals surface area contributed by atoms with E-state index in [4.69, 9.17) is 9.47 Å². The Labute approximate surface area is 195 Å². The number of carbonyl (C=O) groups is 3. The van der Waals surface area contributed by atoms with Crippen LogP contribution in [0.1, 0.15) is 65.7 Å². The van der Waals surface area contributed by atoms with Crippen LogP contribution >= 0.6 is 0 Å². The lowest BCUT2D eigenvalue weighted by atomic mass is 9.85. The molecule has 1 saturated carbocycles. The van der Waals surface area contributed by atoms with E-state index in [0.717, 1.165) is 19.3 Å². The number of esters is 1. The largest absolute Gasteiger partial charge is 0.489 e. The minimum atomic E-state index is -0.987. The third-order valence-corrected chi connectivity index (χ3v) is 6.12. The Kier molecular flexibility index (Phi) is 8.35. The molecule has 1 aliphatic heterocycles. The summed E-state index contributed by atoms with van der Waals surface area (Å²) >= 11 is 0. The fourth-order valence-corrected chi connectivity index (χ4v) is 4.54. The molecule has 1 aromatic rings. The molecule has 2 atom stereocenters. The van der Waals surface area contributed by atoms with Crippen LogP contribution in [0.15, 0.2) is 24.3 Å². The number of hydrogen-bond donors (Lipinski definition) is 2. The molecule has 1 heterocycles. The minimum absolute atomic E-state index is 0.0200. The van der Waals surface area contributed by atoms with Gasteiger partial charge in [0, 0.05) is 0 Å². The van der Waals surface area contributed by atoms with E-state index in [1.165, 1.54) is 24.2 Å². The van der Waals surface area contributed by atoms with Gasteiger partial charge in [0.2, 0.25) is 5.91 Å². The van der Waals surface area contributed by atoms with Crippen LogP contribution in [-0.4, -0.2) is 53.8 Å². The van der Waals surface area contributed by atoms with E-state index >= 15 is 0 Å². The number of carboxylic acids is 1. The molecule has 0 saturated heterocycles. The average molecular weight is 461 g/mol. The van der Waals surface area contributed by atoms with Gasteiger partial charge in [0.1, 0.15) is 36.6 Å². The van der Waals surface area contributed by atoms with Gasteiger partial charge in [-0.25, -0.2) is 0 Å². The standard InChI is InChI=1S/C25H36N2O6/c1-25(2,3)33-22(28)15-27-20-11-7-8-12-21(20)32-16-19(23(27)29)26-18(24(30)31)14-13-17-9-5-4-6-10-17/h7-8,11-12,17-19,26H,4-6,9-10,13-16H2,1-3H3,(H,30,31)/t18-,19-/m0/s1. The second kappa shape index (κ2) is 11.0. The highest BCUT2D eigenvalue weighted by Crippen LogP contribution is 2.32. The quantitative estimate of drug-likeness (QED) is 0.572. The van der Waals surface area contributed by atoms with Crippen molar-refractivity contribution in [2.75, 3.05) is 18.1 Å². The van der Waals surface area contributed by atoms with Crippen molar-refractivity contribution >= 4 is 23.5 Å². The third-order valence-electron chi connectivity index (χ3n) is 6.12. The lowest BCUT2D eigenvalue weighted by Crippen LogP contribution is -2.54. The highest BCUT2D eigenvalue weighted by molar-refractivity contribution is 6.02. The zero-order valence-corrected chi connectivity index (χ0v) is 19.8. The molecule has 33 heavy (non-hydrogen) atoms. The molecular weight excluding hydrogens is 424 g/mol. The second-order valence-electron chi connectivity index (χ2n) is 9.98. The van der Waals surface area contributed by atoms with Gasteiger partial charge < -0.3 is 14.6 Å². The number of nitrogens with zero attached hydrogens (tertiary/aromatic N) is 1. The van der Waals surface area contributed by atoms with E-state index in [-0.39, 0.29) is 13.2 Å². The number of carbonyl (C=O) groups excluding carboxylic acids is 2. The van der Waals surface area contributed by atoms with Crippen LogP contribution in [0.25, 0.3) is 0 Å². The Morgan fingerprint density at radius 1 is 1.21 bits per heavy atom. The minimum Gasteiger partial charge on any atom is -0.489 e. The molecule has 182 valence electrons. The van der Waals surface area contributed by atoms with Gasteiger partial charge in [0.05, 0.1) is 5.69 Å². The molecule has 0 aromatic heterocycles. The molecule has 2 aliphatic rings. The summed E-state index contributed by atoms with van der Waals surface area (Å²) in [5.41, 5.74) is -0.223. The van der Waals surface area contributed by atoms with Crippen LogP contribution in [0, 0.1) is 5.92 Å². The molecule has 0 spiro atoms. The van der Waals surface area contributed by atoms with Gasteiger partial charge in [0.15, 0.2) is 0 Å². The molecular formula is C25H36N2O6. The molecule has 0 unspecified atom stereocenters. The van der Waals surface area contributed by atoms with Crippen molar-refractivity contribution in [3.63, 3.8) is 0 Å². The second-order valence-corrected chi connectivity index (χ2v) is 9.98. The summed E-state index contributed by atoms with van der Waals surface area (Å²) in [5.74, 6) is -0.934. The molecule has 2 N–H and O–H groups in total. The molecule has 3 rings (SSSR count). The highest BCUT2D eigenvalue weighted by atomic mass is 16.6. The fourth-order valence-electron chi connectivity index (χ4n) is 4.54. The van der Waals surface area contributed by atoms with Crippen molar-refractivity contribution in [3.8, 4) is 5.75 Å². The summed E-state index contributed by atoms with van der Waals surface area (Å²) in [7, 11) is 0. The first-order chi connectivity index (χ1) is 15.6. The number of nitrogens with one attached hydrogen (secondary N) is 1. The number of benzene rings is 1. The number of hydrogen-bond acceptors (Lipinski definition) is 6. The summed E-state index contributed by atoms with van der Waals surface area (Å²) in [6.07, 6.45) is 7.17. The molecule has 8 nitrogen and oxygen atoms in total. The van der Waals surface area contributed by atoms with Gasteiger partial charge in [-0.1, -0.05) is 44.2 Å². The van der Waals surface area contributed by atoms with Gasteiger partial charge in [-0.15, -0.1) is 0 Å². The van der Waals surface area contributed by atoms with Gasteiger partial charge in [-0.2, -0.15) is 0 Å².